The van der Waals surface area contributed by atoms with Gasteiger partial charge in [-0.15, -0.1) is 24.0 Å². The van der Waals surface area contributed by atoms with Crippen LogP contribution in [-0.2, 0) is 6.54 Å². The van der Waals surface area contributed by atoms with Crippen LogP contribution in [0, 0.1) is 6.92 Å². The maximum absolute atomic E-state index is 11.8. The second-order valence-electron chi connectivity index (χ2n) is 6.09. The van der Waals surface area contributed by atoms with Crippen LogP contribution < -0.4 is 16.0 Å². The quantitative estimate of drug-likeness (QED) is 0.221. The fourth-order valence-corrected chi connectivity index (χ4v) is 2.27. The number of amides is 1. The number of carbonyl (C=O) groups excluding carboxylic acids is 1. The van der Waals surface area contributed by atoms with Gasteiger partial charge in [0.1, 0.15) is 0 Å². The molecule has 1 amide bonds. The van der Waals surface area contributed by atoms with Crippen LogP contribution in [0.2, 0.25) is 0 Å². The maximum Gasteiger partial charge on any atom is 0.287 e. The molecule has 148 valence electrons. The van der Waals surface area contributed by atoms with Crippen molar-refractivity contribution < 1.29 is 9.21 Å². The normalized spacial score (nSPS) is 10.8. The molecule has 1 aromatic heterocycles. The van der Waals surface area contributed by atoms with Gasteiger partial charge in [0.2, 0.25) is 0 Å². The van der Waals surface area contributed by atoms with E-state index in [0.29, 0.717) is 25.4 Å². The molecule has 0 atom stereocenters. The summed E-state index contributed by atoms with van der Waals surface area (Å²) >= 11 is 0. The van der Waals surface area contributed by atoms with Gasteiger partial charge < -0.3 is 20.4 Å². The number of rotatable bonds is 9. The molecule has 7 heteroatoms. The Kier molecular flexibility index (Phi) is 11.2. The molecule has 0 bridgehead atoms. The summed E-state index contributed by atoms with van der Waals surface area (Å²) in [4.78, 5) is 16.4. The molecule has 27 heavy (non-hydrogen) atoms. The van der Waals surface area contributed by atoms with Crippen molar-refractivity contribution in [2.75, 3.05) is 19.6 Å². The third-order valence-corrected chi connectivity index (χ3v) is 3.81. The van der Waals surface area contributed by atoms with Gasteiger partial charge in [-0.2, -0.15) is 0 Å². The van der Waals surface area contributed by atoms with Crippen LogP contribution in [0.5, 0.6) is 0 Å². The highest BCUT2D eigenvalue weighted by atomic mass is 127. The van der Waals surface area contributed by atoms with Gasteiger partial charge >= 0.3 is 0 Å². The van der Waals surface area contributed by atoms with Crippen LogP contribution in [0.3, 0.4) is 0 Å². The molecule has 0 radical (unpaired) electrons. The Labute approximate surface area is 178 Å². The van der Waals surface area contributed by atoms with Crippen molar-refractivity contribution in [2.45, 2.75) is 33.2 Å². The number of nitrogens with one attached hydrogen (secondary N) is 3. The number of aliphatic imine (C=N–C) groups is 1. The molecule has 0 saturated carbocycles. The van der Waals surface area contributed by atoms with E-state index in [1.165, 1.54) is 17.4 Å². The Balaban J connectivity index is 0.00000364. The Hall–Kier alpha value is -2.03. The van der Waals surface area contributed by atoms with Gasteiger partial charge in [-0.25, -0.2) is 4.99 Å². The van der Waals surface area contributed by atoms with Crippen molar-refractivity contribution in [2.24, 2.45) is 4.99 Å². The number of guanidine groups is 1. The summed E-state index contributed by atoms with van der Waals surface area (Å²) in [7, 11) is 0. The van der Waals surface area contributed by atoms with Crippen LogP contribution in [-0.4, -0.2) is 31.5 Å². The van der Waals surface area contributed by atoms with E-state index in [1.54, 1.807) is 12.1 Å². The van der Waals surface area contributed by atoms with Crippen molar-refractivity contribution in [1.82, 2.24) is 16.0 Å². The van der Waals surface area contributed by atoms with Crippen LogP contribution in [0.25, 0.3) is 0 Å². The third-order valence-electron chi connectivity index (χ3n) is 3.81. The van der Waals surface area contributed by atoms with E-state index in [4.69, 9.17) is 4.42 Å². The number of hydrogen-bond acceptors (Lipinski definition) is 3. The molecular weight excluding hydrogens is 455 g/mol. The van der Waals surface area contributed by atoms with Crippen LogP contribution in [0.1, 0.15) is 41.4 Å². The lowest BCUT2D eigenvalue weighted by molar-refractivity contribution is 0.0926. The Morgan fingerprint density at radius 2 is 1.74 bits per heavy atom. The number of aryl methyl sites for hydroxylation is 1. The number of benzene rings is 1. The standard InChI is InChI=1S/C20H28N4O2.HI/c1-3-4-11-22-20(24-15-17-9-7-16(2)8-10-17)23-13-12-21-19(25)18-6-5-14-26-18;/h5-10,14H,3-4,11-13,15H2,1-2H3,(H,21,25)(H2,22,23,24);1H. The van der Waals surface area contributed by atoms with E-state index in [0.717, 1.165) is 25.3 Å². The highest BCUT2D eigenvalue weighted by Gasteiger charge is 2.07. The van der Waals surface area contributed by atoms with Gasteiger partial charge in [0, 0.05) is 19.6 Å². The summed E-state index contributed by atoms with van der Waals surface area (Å²) in [5.74, 6) is 0.861. The molecule has 3 N–H and O–H groups in total. The largest absolute Gasteiger partial charge is 0.459 e. The van der Waals surface area contributed by atoms with E-state index in [-0.39, 0.29) is 29.9 Å². The second-order valence-corrected chi connectivity index (χ2v) is 6.09. The molecule has 0 unspecified atom stereocenters. The van der Waals surface area contributed by atoms with Gasteiger partial charge in [-0.3, -0.25) is 4.79 Å². The monoisotopic (exact) mass is 484 g/mol. The molecule has 0 fully saturated rings. The molecule has 6 nitrogen and oxygen atoms in total. The van der Waals surface area contributed by atoms with Crippen molar-refractivity contribution in [3.63, 3.8) is 0 Å². The summed E-state index contributed by atoms with van der Waals surface area (Å²) in [6, 6.07) is 11.7. The van der Waals surface area contributed by atoms with Crippen molar-refractivity contribution in [1.29, 1.82) is 0 Å². The predicted molar refractivity (Wildman–Crippen MR) is 120 cm³/mol. The fraction of sp³-hybridized carbons (Fsp3) is 0.400. The van der Waals surface area contributed by atoms with Gasteiger partial charge in [0.05, 0.1) is 12.8 Å². The number of furan rings is 1. The molecule has 2 aromatic rings. The zero-order valence-corrected chi connectivity index (χ0v) is 18.3. The van der Waals surface area contributed by atoms with Crippen molar-refractivity contribution >= 4 is 35.8 Å². The lowest BCUT2D eigenvalue weighted by Crippen LogP contribution is -2.41. The highest BCUT2D eigenvalue weighted by molar-refractivity contribution is 14.0. The van der Waals surface area contributed by atoms with Crippen LogP contribution in [0.4, 0.5) is 0 Å². The van der Waals surface area contributed by atoms with Gasteiger partial charge in [0.15, 0.2) is 11.7 Å². The number of carbonyl (C=O) groups is 1. The summed E-state index contributed by atoms with van der Waals surface area (Å²) in [5.41, 5.74) is 2.41. The molecule has 0 spiro atoms. The average Bonchev–Trinajstić information content (AvgIpc) is 3.18. The van der Waals surface area contributed by atoms with Gasteiger partial charge in [0.25, 0.3) is 5.91 Å². The molecule has 1 heterocycles. The minimum absolute atomic E-state index is 0. The Morgan fingerprint density at radius 1 is 1.04 bits per heavy atom. The van der Waals surface area contributed by atoms with E-state index in [2.05, 4.69) is 59.1 Å². The molecular formula is C20H29IN4O2. The number of hydrogen-bond donors (Lipinski definition) is 3. The predicted octanol–water partition coefficient (Wildman–Crippen LogP) is 3.47. The minimum Gasteiger partial charge on any atom is -0.459 e. The van der Waals surface area contributed by atoms with Crippen molar-refractivity contribution in [3.8, 4) is 0 Å². The van der Waals surface area contributed by atoms with Crippen LogP contribution >= 0.6 is 24.0 Å². The number of nitrogens with zero attached hydrogens (tertiary/aromatic N) is 1. The second kappa shape index (κ2) is 13.2. The molecule has 1 aromatic carbocycles. The van der Waals surface area contributed by atoms with Crippen LogP contribution in [0.15, 0.2) is 52.1 Å². The number of halogens is 1. The summed E-state index contributed by atoms with van der Waals surface area (Å²) in [6.07, 6.45) is 3.69. The molecule has 2 rings (SSSR count). The Bertz CT molecular complexity index is 685. The molecule has 0 aliphatic heterocycles. The van der Waals surface area contributed by atoms with E-state index >= 15 is 0 Å². The first kappa shape index (κ1) is 23.0. The summed E-state index contributed by atoms with van der Waals surface area (Å²) < 4.78 is 5.07. The zero-order chi connectivity index (χ0) is 18.6. The highest BCUT2D eigenvalue weighted by Crippen LogP contribution is 2.04. The SMILES string of the molecule is CCCCNC(=NCc1ccc(C)cc1)NCCNC(=O)c1ccco1.I. The number of unbranched alkanes of at least 4 members (excludes halogenated alkanes) is 1. The lowest BCUT2D eigenvalue weighted by Gasteiger charge is -2.13. The third kappa shape index (κ3) is 8.94. The van der Waals surface area contributed by atoms with Gasteiger partial charge in [-0.05, 0) is 31.0 Å². The minimum atomic E-state index is -0.214. The van der Waals surface area contributed by atoms with E-state index in [9.17, 15) is 4.79 Å². The summed E-state index contributed by atoms with van der Waals surface area (Å²) in [6.45, 7) is 6.78. The van der Waals surface area contributed by atoms with E-state index in [1.807, 2.05) is 0 Å². The lowest BCUT2D eigenvalue weighted by atomic mass is 10.1. The first-order valence-corrected chi connectivity index (χ1v) is 9.08. The van der Waals surface area contributed by atoms with E-state index < -0.39 is 0 Å². The zero-order valence-electron chi connectivity index (χ0n) is 16.0. The topological polar surface area (TPSA) is 78.7 Å². The Morgan fingerprint density at radius 3 is 2.41 bits per heavy atom. The van der Waals surface area contributed by atoms with Crippen molar-refractivity contribution in [3.05, 3.63) is 59.5 Å². The average molecular weight is 484 g/mol. The fourth-order valence-electron chi connectivity index (χ4n) is 2.27. The first-order valence-electron chi connectivity index (χ1n) is 9.08. The molecule has 0 saturated heterocycles. The molecule has 0 aliphatic carbocycles. The van der Waals surface area contributed by atoms with Gasteiger partial charge in [-0.1, -0.05) is 43.2 Å². The summed E-state index contributed by atoms with van der Waals surface area (Å²) in [5, 5.41) is 9.39. The molecule has 0 aliphatic rings. The first-order chi connectivity index (χ1) is 12.7. The maximum atomic E-state index is 11.8. The smallest absolute Gasteiger partial charge is 0.287 e.